The summed E-state index contributed by atoms with van der Waals surface area (Å²) < 4.78 is 27.5. The molecule has 1 aliphatic heterocycles. The third kappa shape index (κ3) is 4.54. The normalized spacial score (nSPS) is 18.3. The number of nitrogens with zero attached hydrogens (tertiary/aromatic N) is 4. The minimum Gasteiger partial charge on any atom is -0.478 e. The third-order valence-corrected chi connectivity index (χ3v) is 6.80. The van der Waals surface area contributed by atoms with E-state index in [0.29, 0.717) is 30.8 Å². The van der Waals surface area contributed by atoms with Crippen LogP contribution in [0.3, 0.4) is 0 Å². The number of hydrogen-bond acceptors (Lipinski definition) is 5. The van der Waals surface area contributed by atoms with Crippen molar-refractivity contribution in [2.24, 2.45) is 5.92 Å². The second-order valence-electron chi connectivity index (χ2n) is 7.14. The van der Waals surface area contributed by atoms with Crippen molar-refractivity contribution in [3.8, 4) is 11.3 Å². The van der Waals surface area contributed by atoms with Crippen LogP contribution < -0.4 is 0 Å². The minimum absolute atomic E-state index is 0.177. The molecular formula is C19H24N4O4S. The van der Waals surface area contributed by atoms with E-state index in [1.807, 2.05) is 12.1 Å². The van der Waals surface area contributed by atoms with E-state index < -0.39 is 16.2 Å². The number of rotatable bonds is 6. The molecule has 0 amide bonds. The SMILES string of the molecule is CN(C)S(=O)(=O)N1CCCC(Cc2cc(-c3cccc(C(=O)O)c3)ncn2)C1. The minimum atomic E-state index is -3.41. The van der Waals surface area contributed by atoms with E-state index in [2.05, 4.69) is 9.97 Å². The highest BCUT2D eigenvalue weighted by atomic mass is 32.2. The molecule has 0 saturated carbocycles. The zero-order valence-electron chi connectivity index (χ0n) is 15.9. The fourth-order valence-electron chi connectivity index (χ4n) is 3.41. The molecule has 1 aromatic carbocycles. The molecule has 28 heavy (non-hydrogen) atoms. The van der Waals surface area contributed by atoms with E-state index in [-0.39, 0.29) is 11.5 Å². The first-order valence-corrected chi connectivity index (χ1v) is 10.5. The highest BCUT2D eigenvalue weighted by Crippen LogP contribution is 2.25. The molecule has 8 nitrogen and oxygen atoms in total. The highest BCUT2D eigenvalue weighted by molar-refractivity contribution is 7.86. The van der Waals surface area contributed by atoms with Gasteiger partial charge in [0, 0.05) is 38.4 Å². The molecule has 150 valence electrons. The van der Waals surface area contributed by atoms with Crippen LogP contribution in [0.2, 0.25) is 0 Å². The maximum absolute atomic E-state index is 12.4. The van der Waals surface area contributed by atoms with Crippen LogP contribution in [0.15, 0.2) is 36.7 Å². The van der Waals surface area contributed by atoms with Crippen molar-refractivity contribution in [3.63, 3.8) is 0 Å². The first-order chi connectivity index (χ1) is 13.3. The molecule has 0 bridgehead atoms. The summed E-state index contributed by atoms with van der Waals surface area (Å²) in [6, 6.07) is 8.47. The third-order valence-electron chi connectivity index (χ3n) is 4.90. The molecule has 1 saturated heterocycles. The van der Waals surface area contributed by atoms with E-state index in [4.69, 9.17) is 5.11 Å². The largest absolute Gasteiger partial charge is 0.478 e. The molecule has 2 heterocycles. The Bertz CT molecular complexity index is 962. The van der Waals surface area contributed by atoms with Crippen molar-refractivity contribution >= 4 is 16.2 Å². The maximum atomic E-state index is 12.4. The summed E-state index contributed by atoms with van der Waals surface area (Å²) >= 11 is 0. The summed E-state index contributed by atoms with van der Waals surface area (Å²) in [7, 11) is -0.326. The molecule has 1 aliphatic rings. The topological polar surface area (TPSA) is 104 Å². The van der Waals surface area contributed by atoms with Crippen molar-refractivity contribution in [1.82, 2.24) is 18.6 Å². The van der Waals surface area contributed by atoms with Gasteiger partial charge in [-0.15, -0.1) is 0 Å². The zero-order chi connectivity index (χ0) is 20.3. The average Bonchev–Trinajstić information content (AvgIpc) is 2.68. The van der Waals surface area contributed by atoms with Crippen LogP contribution in [-0.2, 0) is 16.6 Å². The lowest BCUT2D eigenvalue weighted by Crippen LogP contribution is -2.45. The van der Waals surface area contributed by atoms with Crippen molar-refractivity contribution in [2.75, 3.05) is 27.2 Å². The number of hydrogen-bond donors (Lipinski definition) is 1. The lowest BCUT2D eigenvalue weighted by molar-refractivity contribution is 0.0697. The Morgan fingerprint density at radius 3 is 2.79 bits per heavy atom. The molecule has 1 aromatic heterocycles. The van der Waals surface area contributed by atoms with Crippen LogP contribution in [0.1, 0.15) is 28.9 Å². The first-order valence-electron chi connectivity index (χ1n) is 9.09. The number of benzene rings is 1. The average molecular weight is 404 g/mol. The van der Waals surface area contributed by atoms with Gasteiger partial charge < -0.3 is 5.11 Å². The van der Waals surface area contributed by atoms with Crippen molar-refractivity contribution in [3.05, 3.63) is 47.9 Å². The fraction of sp³-hybridized carbons (Fsp3) is 0.421. The van der Waals surface area contributed by atoms with Gasteiger partial charge >= 0.3 is 5.97 Å². The van der Waals surface area contributed by atoms with E-state index >= 15 is 0 Å². The molecule has 3 rings (SSSR count). The van der Waals surface area contributed by atoms with Crippen LogP contribution >= 0.6 is 0 Å². The summed E-state index contributed by atoms with van der Waals surface area (Å²) in [5.41, 5.74) is 2.39. The van der Waals surface area contributed by atoms with Crippen LogP contribution in [-0.4, -0.2) is 65.3 Å². The van der Waals surface area contributed by atoms with Gasteiger partial charge in [-0.3, -0.25) is 0 Å². The van der Waals surface area contributed by atoms with E-state index in [1.165, 1.54) is 21.0 Å². The predicted molar refractivity (Wildman–Crippen MR) is 105 cm³/mol. The van der Waals surface area contributed by atoms with Crippen molar-refractivity contribution < 1.29 is 18.3 Å². The Kier molecular flexibility index (Phi) is 6.07. The van der Waals surface area contributed by atoms with Gasteiger partial charge in [0.15, 0.2) is 0 Å². The van der Waals surface area contributed by atoms with E-state index in [9.17, 15) is 13.2 Å². The number of aromatic nitrogens is 2. The van der Waals surface area contributed by atoms with Gasteiger partial charge in [-0.05, 0) is 43.4 Å². The molecule has 1 unspecified atom stereocenters. The maximum Gasteiger partial charge on any atom is 0.335 e. The second-order valence-corrected chi connectivity index (χ2v) is 9.28. The summed E-state index contributed by atoms with van der Waals surface area (Å²) in [6.07, 6.45) is 3.87. The molecule has 1 N–H and O–H groups in total. The van der Waals surface area contributed by atoms with Gasteiger partial charge in [0.25, 0.3) is 10.2 Å². The summed E-state index contributed by atoms with van der Waals surface area (Å²) in [5, 5.41) is 9.17. The zero-order valence-corrected chi connectivity index (χ0v) is 16.8. The molecule has 0 radical (unpaired) electrons. The smallest absolute Gasteiger partial charge is 0.335 e. The monoisotopic (exact) mass is 404 g/mol. The van der Waals surface area contributed by atoms with Crippen LogP contribution in [0.25, 0.3) is 11.3 Å². The number of carboxylic acids is 1. The van der Waals surface area contributed by atoms with Crippen LogP contribution in [0.5, 0.6) is 0 Å². The predicted octanol–water partition coefficient (Wildman–Crippen LogP) is 1.90. The Hall–Kier alpha value is -2.36. The Morgan fingerprint density at radius 1 is 1.29 bits per heavy atom. The summed E-state index contributed by atoms with van der Waals surface area (Å²) in [6.45, 7) is 1.00. The van der Waals surface area contributed by atoms with Gasteiger partial charge in [0.2, 0.25) is 0 Å². The molecule has 1 fully saturated rings. The molecule has 2 aromatic rings. The highest BCUT2D eigenvalue weighted by Gasteiger charge is 2.30. The second kappa shape index (κ2) is 8.34. The Balaban J connectivity index is 1.76. The fourth-order valence-corrected chi connectivity index (χ4v) is 4.63. The summed E-state index contributed by atoms with van der Waals surface area (Å²) in [5.74, 6) is -0.808. The van der Waals surface area contributed by atoms with Gasteiger partial charge in [0.05, 0.1) is 11.3 Å². The number of carbonyl (C=O) groups is 1. The Morgan fingerprint density at radius 2 is 2.07 bits per heavy atom. The van der Waals surface area contributed by atoms with Crippen LogP contribution in [0.4, 0.5) is 0 Å². The van der Waals surface area contributed by atoms with Crippen molar-refractivity contribution in [2.45, 2.75) is 19.3 Å². The summed E-state index contributed by atoms with van der Waals surface area (Å²) in [4.78, 5) is 19.8. The van der Waals surface area contributed by atoms with Gasteiger partial charge in [0.1, 0.15) is 6.33 Å². The molecule has 0 spiro atoms. The standard InChI is InChI=1S/C19H24N4O4S/c1-22(2)28(26,27)23-8-4-5-14(12-23)9-17-11-18(21-13-20-17)15-6-3-7-16(10-15)19(24)25/h3,6-7,10-11,13-14H,4-5,8-9,12H2,1-2H3,(H,24,25). The Labute approximate surface area is 165 Å². The number of aromatic carboxylic acids is 1. The molecular weight excluding hydrogens is 380 g/mol. The van der Waals surface area contributed by atoms with E-state index in [0.717, 1.165) is 18.5 Å². The molecule has 0 aliphatic carbocycles. The first kappa shape index (κ1) is 20.4. The number of carboxylic acid groups (broad SMARTS) is 1. The van der Waals surface area contributed by atoms with Gasteiger partial charge in [-0.25, -0.2) is 14.8 Å². The van der Waals surface area contributed by atoms with Gasteiger partial charge in [-0.1, -0.05) is 12.1 Å². The van der Waals surface area contributed by atoms with E-state index in [1.54, 1.807) is 26.2 Å². The quantitative estimate of drug-likeness (QED) is 0.789. The molecule has 1 atom stereocenters. The number of piperidine rings is 1. The van der Waals surface area contributed by atoms with Crippen LogP contribution in [0, 0.1) is 5.92 Å². The lowest BCUT2D eigenvalue weighted by Gasteiger charge is -2.33. The lowest BCUT2D eigenvalue weighted by atomic mass is 9.94. The van der Waals surface area contributed by atoms with Gasteiger partial charge in [-0.2, -0.15) is 17.0 Å². The van der Waals surface area contributed by atoms with Crippen molar-refractivity contribution in [1.29, 1.82) is 0 Å². The molecule has 9 heteroatoms.